The van der Waals surface area contributed by atoms with E-state index >= 15 is 0 Å². The summed E-state index contributed by atoms with van der Waals surface area (Å²) in [5, 5.41) is 4.14. The summed E-state index contributed by atoms with van der Waals surface area (Å²) in [4.78, 5) is 43.6. The van der Waals surface area contributed by atoms with Crippen molar-refractivity contribution in [2.24, 2.45) is 11.8 Å². The van der Waals surface area contributed by atoms with Gasteiger partial charge in [-0.2, -0.15) is 11.8 Å². The highest BCUT2D eigenvalue weighted by Crippen LogP contribution is 2.39. The van der Waals surface area contributed by atoms with E-state index in [2.05, 4.69) is 16.4 Å². The van der Waals surface area contributed by atoms with Gasteiger partial charge in [0.05, 0.1) is 11.8 Å². The van der Waals surface area contributed by atoms with Gasteiger partial charge in [0.1, 0.15) is 6.04 Å². The Morgan fingerprint density at radius 3 is 2.60 bits per heavy atom. The number of imide groups is 1. The zero-order chi connectivity index (χ0) is 21.1. The van der Waals surface area contributed by atoms with E-state index < -0.39 is 6.04 Å². The first-order valence-electron chi connectivity index (χ1n) is 10.8. The van der Waals surface area contributed by atoms with Gasteiger partial charge in [-0.15, -0.1) is 0 Å². The maximum absolute atomic E-state index is 13.1. The third kappa shape index (κ3) is 4.00. The molecule has 160 valence electrons. The van der Waals surface area contributed by atoms with E-state index in [1.165, 1.54) is 4.90 Å². The molecule has 3 atom stereocenters. The molecule has 0 unspecified atom stereocenters. The molecule has 1 aromatic heterocycles. The van der Waals surface area contributed by atoms with Crippen LogP contribution in [-0.2, 0) is 20.8 Å². The number of H-pyrrole nitrogens is 1. The number of amides is 3. The van der Waals surface area contributed by atoms with Crippen molar-refractivity contribution < 1.29 is 14.4 Å². The fraction of sp³-hybridized carbons (Fsp3) is 0.522. The number of para-hydroxylation sites is 1. The van der Waals surface area contributed by atoms with Gasteiger partial charge in [-0.1, -0.05) is 31.0 Å². The van der Waals surface area contributed by atoms with E-state index in [1.807, 2.05) is 30.7 Å². The lowest BCUT2D eigenvalue weighted by atomic mass is 9.81. The molecular formula is C23H29N3O3S. The molecule has 0 bridgehead atoms. The summed E-state index contributed by atoms with van der Waals surface area (Å²) in [6.07, 6.45) is 8.64. The zero-order valence-electron chi connectivity index (χ0n) is 17.4. The topological polar surface area (TPSA) is 82.3 Å². The van der Waals surface area contributed by atoms with Gasteiger partial charge in [0.2, 0.25) is 17.7 Å². The number of thioether (sulfide) groups is 1. The highest BCUT2D eigenvalue weighted by Gasteiger charge is 2.51. The summed E-state index contributed by atoms with van der Waals surface area (Å²) in [5.41, 5.74) is 2.22. The van der Waals surface area contributed by atoms with Gasteiger partial charge in [0.25, 0.3) is 0 Å². The highest BCUT2D eigenvalue weighted by atomic mass is 32.2. The number of hydrogen-bond donors (Lipinski definition) is 2. The van der Waals surface area contributed by atoms with Crippen molar-refractivity contribution in [2.75, 3.05) is 18.6 Å². The quantitative estimate of drug-likeness (QED) is 0.634. The molecular weight excluding hydrogens is 398 g/mol. The Balaban J connectivity index is 1.43. The lowest BCUT2D eigenvalue weighted by Crippen LogP contribution is -2.50. The van der Waals surface area contributed by atoms with Crippen molar-refractivity contribution >= 4 is 40.4 Å². The number of nitrogens with zero attached hydrogens (tertiary/aromatic N) is 1. The van der Waals surface area contributed by atoms with Gasteiger partial charge < -0.3 is 10.3 Å². The molecule has 0 radical (unpaired) electrons. The fourth-order valence-corrected chi connectivity index (χ4v) is 5.34. The third-order valence-corrected chi connectivity index (χ3v) is 7.10. The number of benzene rings is 1. The minimum absolute atomic E-state index is 0.136. The molecule has 1 saturated carbocycles. The minimum atomic E-state index is -0.703. The largest absolute Gasteiger partial charge is 0.361 e. The molecule has 4 rings (SSSR count). The Morgan fingerprint density at radius 2 is 1.90 bits per heavy atom. The van der Waals surface area contributed by atoms with E-state index in [0.29, 0.717) is 19.4 Å². The molecule has 1 aliphatic carbocycles. The molecule has 1 saturated heterocycles. The molecule has 30 heavy (non-hydrogen) atoms. The number of hydrogen-bond acceptors (Lipinski definition) is 4. The SMILES string of the molecule is CSCC[C@H](C(=O)NCCc1c[nH]c2ccccc12)N1C(=O)[C@H]2CCCC[C@@H]2C1=O. The molecule has 2 N–H and O–H groups in total. The second-order valence-electron chi connectivity index (χ2n) is 8.24. The molecule has 1 aromatic carbocycles. The average molecular weight is 428 g/mol. The van der Waals surface area contributed by atoms with E-state index in [9.17, 15) is 14.4 Å². The van der Waals surface area contributed by atoms with Crippen molar-refractivity contribution in [3.8, 4) is 0 Å². The molecule has 2 heterocycles. The van der Waals surface area contributed by atoms with Gasteiger partial charge in [0, 0.05) is 23.6 Å². The van der Waals surface area contributed by atoms with Crippen molar-refractivity contribution in [1.82, 2.24) is 15.2 Å². The summed E-state index contributed by atoms with van der Waals surface area (Å²) >= 11 is 1.62. The Hall–Kier alpha value is -2.28. The van der Waals surface area contributed by atoms with Crippen LogP contribution in [0.5, 0.6) is 0 Å². The maximum atomic E-state index is 13.1. The van der Waals surface area contributed by atoms with Crippen LogP contribution >= 0.6 is 11.8 Å². The highest BCUT2D eigenvalue weighted by molar-refractivity contribution is 7.98. The Labute approximate surface area is 181 Å². The van der Waals surface area contributed by atoms with Crippen LogP contribution in [0.15, 0.2) is 30.5 Å². The predicted octanol–water partition coefficient (Wildman–Crippen LogP) is 3.12. The monoisotopic (exact) mass is 427 g/mol. The zero-order valence-corrected chi connectivity index (χ0v) is 18.2. The number of carbonyl (C=O) groups excluding carboxylic acids is 3. The Kier molecular flexibility index (Phi) is 6.46. The summed E-state index contributed by atoms with van der Waals surface area (Å²) in [7, 11) is 0. The lowest BCUT2D eigenvalue weighted by Gasteiger charge is -2.25. The van der Waals surface area contributed by atoms with E-state index in [4.69, 9.17) is 0 Å². The predicted molar refractivity (Wildman–Crippen MR) is 119 cm³/mol. The number of fused-ring (bicyclic) bond motifs is 2. The average Bonchev–Trinajstić information content (AvgIpc) is 3.29. The van der Waals surface area contributed by atoms with Gasteiger partial charge >= 0.3 is 0 Å². The molecule has 2 fully saturated rings. The second-order valence-corrected chi connectivity index (χ2v) is 9.23. The molecule has 7 heteroatoms. The Morgan fingerprint density at radius 1 is 1.20 bits per heavy atom. The summed E-state index contributed by atoms with van der Waals surface area (Å²) in [6, 6.07) is 7.38. The van der Waals surface area contributed by atoms with Crippen LogP contribution in [0.1, 0.15) is 37.7 Å². The molecule has 0 spiro atoms. The molecule has 2 aliphatic rings. The van der Waals surface area contributed by atoms with Crippen LogP contribution in [0.25, 0.3) is 10.9 Å². The summed E-state index contributed by atoms with van der Waals surface area (Å²) in [5.74, 6) is -0.203. The number of carbonyl (C=O) groups is 3. The van der Waals surface area contributed by atoms with Crippen LogP contribution in [0.4, 0.5) is 0 Å². The van der Waals surface area contributed by atoms with Crippen LogP contribution in [0, 0.1) is 11.8 Å². The van der Waals surface area contributed by atoms with Crippen LogP contribution in [0.3, 0.4) is 0 Å². The van der Waals surface area contributed by atoms with Crippen LogP contribution in [-0.4, -0.2) is 52.2 Å². The van der Waals surface area contributed by atoms with Crippen molar-refractivity contribution in [3.63, 3.8) is 0 Å². The molecule has 6 nitrogen and oxygen atoms in total. The van der Waals surface area contributed by atoms with Crippen LogP contribution < -0.4 is 5.32 Å². The first-order valence-corrected chi connectivity index (χ1v) is 12.2. The van der Waals surface area contributed by atoms with Crippen LogP contribution in [0.2, 0.25) is 0 Å². The number of aromatic nitrogens is 1. The fourth-order valence-electron chi connectivity index (χ4n) is 4.88. The maximum Gasteiger partial charge on any atom is 0.243 e. The summed E-state index contributed by atoms with van der Waals surface area (Å²) < 4.78 is 0. The molecule has 3 amide bonds. The van der Waals surface area contributed by atoms with Crippen molar-refractivity contribution in [2.45, 2.75) is 44.6 Å². The van der Waals surface area contributed by atoms with Crippen molar-refractivity contribution in [3.05, 3.63) is 36.0 Å². The van der Waals surface area contributed by atoms with Gasteiger partial charge in [-0.05, 0) is 49.3 Å². The normalized spacial score (nSPS) is 22.4. The number of likely N-dealkylation sites (tertiary alicyclic amines) is 1. The van der Waals surface area contributed by atoms with Crippen molar-refractivity contribution in [1.29, 1.82) is 0 Å². The molecule has 2 aromatic rings. The second kappa shape index (κ2) is 9.25. The first-order chi connectivity index (χ1) is 14.6. The van der Waals surface area contributed by atoms with E-state index in [0.717, 1.165) is 47.9 Å². The number of nitrogens with one attached hydrogen (secondary N) is 2. The van der Waals surface area contributed by atoms with Gasteiger partial charge in [0.15, 0.2) is 0 Å². The standard InChI is InChI=1S/C23H29N3O3S/c1-30-13-11-20(26-22(28)17-7-2-3-8-18(17)23(26)29)21(27)24-12-10-15-14-25-19-9-5-4-6-16(15)19/h4-6,9,14,17-18,20,25H,2-3,7-8,10-13H2,1H3,(H,24,27)/t17-,18-,20+/m0/s1. The minimum Gasteiger partial charge on any atom is -0.361 e. The molecule has 1 aliphatic heterocycles. The lowest BCUT2D eigenvalue weighted by molar-refractivity contribution is -0.148. The van der Waals surface area contributed by atoms with E-state index in [-0.39, 0.29) is 29.6 Å². The smallest absolute Gasteiger partial charge is 0.243 e. The number of rotatable bonds is 8. The van der Waals surface area contributed by atoms with Gasteiger partial charge in [-0.25, -0.2) is 0 Å². The third-order valence-electron chi connectivity index (χ3n) is 6.45. The number of aromatic amines is 1. The Bertz CT molecular complexity index is 917. The van der Waals surface area contributed by atoms with E-state index in [1.54, 1.807) is 11.8 Å². The first kappa shape index (κ1) is 21.0. The van der Waals surface area contributed by atoms with Gasteiger partial charge in [-0.3, -0.25) is 19.3 Å². The summed E-state index contributed by atoms with van der Waals surface area (Å²) in [6.45, 7) is 0.472.